The van der Waals surface area contributed by atoms with Gasteiger partial charge in [0.1, 0.15) is 0 Å². The third kappa shape index (κ3) is 4.94. The molecule has 0 unspecified atom stereocenters. The number of aliphatic hydroxyl groups is 1. The van der Waals surface area contributed by atoms with Crippen molar-refractivity contribution in [2.24, 2.45) is 11.3 Å². The Morgan fingerprint density at radius 3 is 2.18 bits per heavy atom. The number of aliphatic hydroxyl groups excluding tert-OH is 1. The van der Waals surface area contributed by atoms with Gasteiger partial charge >= 0.3 is 0 Å². The molecule has 102 valence electrons. The first-order valence-corrected chi connectivity index (χ1v) is 7.94. The maximum Gasteiger partial charge on any atom is 0.214 e. The van der Waals surface area contributed by atoms with Gasteiger partial charge in [-0.1, -0.05) is 20.8 Å². The van der Waals surface area contributed by atoms with Crippen LogP contribution in [0.1, 0.15) is 40.0 Å². The number of sulfonamides is 1. The van der Waals surface area contributed by atoms with Crippen molar-refractivity contribution in [3.63, 3.8) is 0 Å². The predicted molar refractivity (Wildman–Crippen MR) is 69.2 cm³/mol. The minimum Gasteiger partial charge on any atom is -0.396 e. The summed E-state index contributed by atoms with van der Waals surface area (Å²) < 4.78 is 25.8. The van der Waals surface area contributed by atoms with Crippen molar-refractivity contribution in [1.82, 2.24) is 4.31 Å². The highest BCUT2D eigenvalue weighted by molar-refractivity contribution is 7.89. The van der Waals surface area contributed by atoms with Gasteiger partial charge in [-0.15, -0.1) is 0 Å². The molecule has 0 aliphatic carbocycles. The van der Waals surface area contributed by atoms with Gasteiger partial charge in [0.25, 0.3) is 0 Å². The van der Waals surface area contributed by atoms with Crippen molar-refractivity contribution in [1.29, 1.82) is 0 Å². The molecule has 17 heavy (non-hydrogen) atoms. The Balaban J connectivity index is 2.49. The van der Waals surface area contributed by atoms with E-state index in [1.54, 1.807) is 4.31 Å². The first kappa shape index (κ1) is 14.9. The Kier molecular flexibility index (Phi) is 4.98. The van der Waals surface area contributed by atoms with E-state index >= 15 is 0 Å². The number of hydrogen-bond donors (Lipinski definition) is 1. The van der Waals surface area contributed by atoms with Crippen LogP contribution < -0.4 is 0 Å². The van der Waals surface area contributed by atoms with Crippen LogP contribution in [0.3, 0.4) is 0 Å². The molecule has 0 bridgehead atoms. The summed E-state index contributed by atoms with van der Waals surface area (Å²) in [5.41, 5.74) is 0.0521. The van der Waals surface area contributed by atoms with Gasteiger partial charge < -0.3 is 5.11 Å². The van der Waals surface area contributed by atoms with E-state index in [0.717, 1.165) is 12.8 Å². The highest BCUT2D eigenvalue weighted by atomic mass is 32.2. The molecule has 1 heterocycles. The van der Waals surface area contributed by atoms with Crippen LogP contribution in [0.25, 0.3) is 0 Å². The molecule has 1 saturated heterocycles. The zero-order valence-electron chi connectivity index (χ0n) is 11.1. The Morgan fingerprint density at radius 2 is 1.76 bits per heavy atom. The molecular formula is C12H25NO3S. The molecule has 0 aromatic carbocycles. The van der Waals surface area contributed by atoms with E-state index in [1.807, 2.05) is 0 Å². The number of nitrogens with zero attached hydrogens (tertiary/aromatic N) is 1. The summed E-state index contributed by atoms with van der Waals surface area (Å²) in [5, 5.41) is 9.02. The summed E-state index contributed by atoms with van der Waals surface area (Å²) >= 11 is 0. The van der Waals surface area contributed by atoms with Crippen LogP contribution in [0.4, 0.5) is 0 Å². The fourth-order valence-electron chi connectivity index (χ4n) is 1.93. The molecule has 1 aliphatic heterocycles. The second kappa shape index (κ2) is 5.67. The van der Waals surface area contributed by atoms with Crippen molar-refractivity contribution in [3.05, 3.63) is 0 Å². The topological polar surface area (TPSA) is 57.6 Å². The maximum atomic E-state index is 12.1. The van der Waals surface area contributed by atoms with Crippen molar-refractivity contribution in [3.8, 4) is 0 Å². The molecule has 1 N–H and O–H groups in total. The van der Waals surface area contributed by atoms with Crippen LogP contribution in [0.5, 0.6) is 0 Å². The standard InChI is InChI=1S/C12H25NO3S/c1-12(2,3)6-9-17(15,16)13-7-4-11(10-14)5-8-13/h11,14H,4-10H2,1-3H3. The zero-order chi connectivity index (χ0) is 13.1. The lowest BCUT2D eigenvalue weighted by Gasteiger charge is -2.31. The molecule has 0 aromatic heterocycles. The molecule has 0 saturated carbocycles. The summed E-state index contributed by atoms with van der Waals surface area (Å²) in [6, 6.07) is 0. The van der Waals surface area contributed by atoms with E-state index in [2.05, 4.69) is 20.8 Å². The summed E-state index contributed by atoms with van der Waals surface area (Å²) in [5.74, 6) is 0.518. The number of rotatable bonds is 4. The van der Waals surface area contributed by atoms with Gasteiger partial charge in [-0.3, -0.25) is 0 Å². The van der Waals surface area contributed by atoms with E-state index in [1.165, 1.54) is 0 Å². The SMILES string of the molecule is CC(C)(C)CCS(=O)(=O)N1CCC(CO)CC1. The van der Waals surface area contributed by atoms with Crippen molar-refractivity contribution < 1.29 is 13.5 Å². The van der Waals surface area contributed by atoms with E-state index in [0.29, 0.717) is 19.5 Å². The van der Waals surface area contributed by atoms with E-state index in [4.69, 9.17) is 5.11 Å². The van der Waals surface area contributed by atoms with Gasteiger partial charge in [-0.25, -0.2) is 12.7 Å². The molecule has 1 fully saturated rings. The predicted octanol–water partition coefficient (Wildman–Crippen LogP) is 1.46. The minimum absolute atomic E-state index is 0.0521. The monoisotopic (exact) mass is 263 g/mol. The fraction of sp³-hybridized carbons (Fsp3) is 1.00. The molecule has 5 heteroatoms. The second-order valence-electron chi connectivity index (χ2n) is 6.15. The Bertz CT molecular complexity index is 324. The van der Waals surface area contributed by atoms with Gasteiger partial charge in [0.2, 0.25) is 10.0 Å². The molecule has 1 rings (SSSR count). The van der Waals surface area contributed by atoms with Gasteiger partial charge in [0.15, 0.2) is 0 Å². The average Bonchev–Trinajstić information content (AvgIpc) is 2.26. The van der Waals surface area contributed by atoms with Gasteiger partial charge in [-0.2, -0.15) is 0 Å². The average molecular weight is 263 g/mol. The van der Waals surface area contributed by atoms with Crippen LogP contribution in [0.15, 0.2) is 0 Å². The van der Waals surface area contributed by atoms with E-state index in [-0.39, 0.29) is 23.7 Å². The van der Waals surface area contributed by atoms with Gasteiger partial charge in [0.05, 0.1) is 5.75 Å². The molecule has 0 atom stereocenters. The van der Waals surface area contributed by atoms with Crippen molar-refractivity contribution in [2.75, 3.05) is 25.4 Å². The molecule has 0 amide bonds. The highest BCUT2D eigenvalue weighted by Gasteiger charge is 2.28. The number of piperidine rings is 1. The third-order valence-electron chi connectivity index (χ3n) is 3.34. The third-order valence-corrected chi connectivity index (χ3v) is 5.21. The minimum atomic E-state index is -3.10. The van der Waals surface area contributed by atoms with Gasteiger partial charge in [0, 0.05) is 19.7 Å². The Labute approximate surface area is 105 Å². The quantitative estimate of drug-likeness (QED) is 0.835. The van der Waals surface area contributed by atoms with Crippen LogP contribution in [-0.2, 0) is 10.0 Å². The fourth-order valence-corrected chi connectivity index (χ4v) is 3.83. The van der Waals surface area contributed by atoms with Crippen LogP contribution in [-0.4, -0.2) is 43.3 Å². The lowest BCUT2D eigenvalue weighted by Crippen LogP contribution is -2.40. The van der Waals surface area contributed by atoms with Crippen LogP contribution in [0.2, 0.25) is 0 Å². The lowest BCUT2D eigenvalue weighted by molar-refractivity contribution is 0.170. The molecule has 0 spiro atoms. The molecule has 0 aromatic rings. The molecule has 4 nitrogen and oxygen atoms in total. The van der Waals surface area contributed by atoms with Crippen molar-refractivity contribution in [2.45, 2.75) is 40.0 Å². The molecule has 1 aliphatic rings. The van der Waals surface area contributed by atoms with E-state index < -0.39 is 10.0 Å². The number of hydrogen-bond acceptors (Lipinski definition) is 3. The first-order valence-electron chi connectivity index (χ1n) is 6.33. The van der Waals surface area contributed by atoms with Crippen LogP contribution in [0, 0.1) is 11.3 Å². The van der Waals surface area contributed by atoms with Crippen molar-refractivity contribution >= 4 is 10.0 Å². The summed E-state index contributed by atoms with van der Waals surface area (Å²) in [6.07, 6.45) is 2.26. The second-order valence-corrected chi connectivity index (χ2v) is 8.24. The van der Waals surface area contributed by atoms with E-state index in [9.17, 15) is 8.42 Å². The zero-order valence-corrected chi connectivity index (χ0v) is 12.0. The maximum absolute atomic E-state index is 12.1. The molecule has 0 radical (unpaired) electrons. The lowest BCUT2D eigenvalue weighted by atomic mass is 9.94. The van der Waals surface area contributed by atoms with Gasteiger partial charge in [-0.05, 0) is 30.6 Å². The highest BCUT2D eigenvalue weighted by Crippen LogP contribution is 2.23. The summed E-state index contributed by atoms with van der Waals surface area (Å²) in [4.78, 5) is 0. The Hall–Kier alpha value is -0.130. The van der Waals surface area contributed by atoms with Crippen LogP contribution >= 0.6 is 0 Å². The smallest absolute Gasteiger partial charge is 0.214 e. The normalized spacial score (nSPS) is 20.7. The molecular weight excluding hydrogens is 238 g/mol. The largest absolute Gasteiger partial charge is 0.396 e. The first-order chi connectivity index (χ1) is 7.74. The Morgan fingerprint density at radius 1 is 1.24 bits per heavy atom. The summed E-state index contributed by atoms with van der Waals surface area (Å²) in [7, 11) is -3.10. The summed E-state index contributed by atoms with van der Waals surface area (Å²) in [6.45, 7) is 7.48.